The first-order chi connectivity index (χ1) is 10.4. The molecule has 3 rings (SSSR count). The van der Waals surface area contributed by atoms with Gasteiger partial charge in [-0.1, -0.05) is 61.7 Å². The molecule has 0 amide bonds. The van der Waals surface area contributed by atoms with Crippen LogP contribution in [0.2, 0.25) is 0 Å². The van der Waals surface area contributed by atoms with Crippen LogP contribution >= 0.6 is 0 Å². The zero-order chi connectivity index (χ0) is 14.5. The van der Waals surface area contributed by atoms with Crippen LogP contribution in [-0.2, 0) is 6.42 Å². The number of rotatable bonds is 4. The first-order valence-electron chi connectivity index (χ1n) is 8.49. The van der Waals surface area contributed by atoms with E-state index >= 15 is 0 Å². The summed E-state index contributed by atoms with van der Waals surface area (Å²) in [5.74, 6) is 1.68. The second kappa shape index (κ2) is 7.09. The van der Waals surface area contributed by atoms with Crippen molar-refractivity contribution in [2.75, 3.05) is 13.6 Å². The normalized spacial score (nSPS) is 23.1. The van der Waals surface area contributed by atoms with E-state index in [9.17, 15) is 0 Å². The summed E-state index contributed by atoms with van der Waals surface area (Å²) < 4.78 is 0. The van der Waals surface area contributed by atoms with Gasteiger partial charge in [-0.3, -0.25) is 0 Å². The fourth-order valence-electron chi connectivity index (χ4n) is 4.01. The zero-order valence-corrected chi connectivity index (χ0v) is 13.1. The molecule has 21 heavy (non-hydrogen) atoms. The van der Waals surface area contributed by atoms with E-state index in [1.165, 1.54) is 55.8 Å². The quantitative estimate of drug-likeness (QED) is 0.794. The Morgan fingerprint density at radius 3 is 2.52 bits per heavy atom. The second-order valence-corrected chi connectivity index (χ2v) is 6.56. The van der Waals surface area contributed by atoms with E-state index in [1.807, 2.05) is 0 Å². The van der Waals surface area contributed by atoms with Crippen molar-refractivity contribution in [1.29, 1.82) is 0 Å². The Labute approximate surface area is 128 Å². The SMILES string of the molecule is CNCC1CCCCCC1Cc1cccc2ccccc12. The molecule has 112 valence electrons. The predicted octanol–water partition coefficient (Wildman–Crippen LogP) is 4.80. The number of benzene rings is 2. The van der Waals surface area contributed by atoms with E-state index in [4.69, 9.17) is 0 Å². The fourth-order valence-corrected chi connectivity index (χ4v) is 4.01. The molecule has 2 aromatic carbocycles. The molecule has 0 radical (unpaired) electrons. The van der Waals surface area contributed by atoms with Gasteiger partial charge in [0, 0.05) is 0 Å². The minimum absolute atomic E-state index is 0.839. The monoisotopic (exact) mass is 281 g/mol. The first kappa shape index (κ1) is 14.6. The van der Waals surface area contributed by atoms with Crippen molar-refractivity contribution in [3.8, 4) is 0 Å². The first-order valence-corrected chi connectivity index (χ1v) is 8.49. The van der Waals surface area contributed by atoms with Gasteiger partial charge in [0.15, 0.2) is 0 Å². The molecule has 0 spiro atoms. The van der Waals surface area contributed by atoms with E-state index < -0.39 is 0 Å². The highest BCUT2D eigenvalue weighted by Gasteiger charge is 2.23. The Bertz CT molecular complexity index is 570. The van der Waals surface area contributed by atoms with Gasteiger partial charge in [0.25, 0.3) is 0 Å². The maximum Gasteiger partial charge on any atom is -0.00208 e. The summed E-state index contributed by atoms with van der Waals surface area (Å²) in [7, 11) is 2.10. The predicted molar refractivity (Wildman–Crippen MR) is 91.6 cm³/mol. The number of hydrogen-bond acceptors (Lipinski definition) is 1. The third-order valence-electron chi connectivity index (χ3n) is 5.14. The topological polar surface area (TPSA) is 12.0 Å². The van der Waals surface area contributed by atoms with Gasteiger partial charge in [0.2, 0.25) is 0 Å². The van der Waals surface area contributed by atoms with Crippen LogP contribution in [0.3, 0.4) is 0 Å². The molecule has 0 aliphatic heterocycles. The number of fused-ring (bicyclic) bond motifs is 1. The zero-order valence-electron chi connectivity index (χ0n) is 13.1. The molecule has 2 unspecified atom stereocenters. The van der Waals surface area contributed by atoms with E-state index in [1.54, 1.807) is 5.56 Å². The summed E-state index contributed by atoms with van der Waals surface area (Å²) in [5, 5.41) is 6.25. The summed E-state index contributed by atoms with van der Waals surface area (Å²) in [5.41, 5.74) is 1.54. The summed E-state index contributed by atoms with van der Waals surface area (Å²) in [6.07, 6.45) is 8.29. The number of nitrogens with one attached hydrogen (secondary N) is 1. The molecule has 2 atom stereocenters. The van der Waals surface area contributed by atoms with Gasteiger partial charge >= 0.3 is 0 Å². The van der Waals surface area contributed by atoms with Crippen molar-refractivity contribution in [1.82, 2.24) is 5.32 Å². The molecule has 1 heteroatoms. The minimum atomic E-state index is 0.839. The van der Waals surface area contributed by atoms with Gasteiger partial charge in [-0.05, 0) is 61.0 Å². The highest BCUT2D eigenvalue weighted by atomic mass is 14.8. The number of hydrogen-bond donors (Lipinski definition) is 1. The van der Waals surface area contributed by atoms with Crippen molar-refractivity contribution in [2.45, 2.75) is 38.5 Å². The third-order valence-corrected chi connectivity index (χ3v) is 5.14. The summed E-state index contributed by atoms with van der Waals surface area (Å²) in [6, 6.07) is 15.6. The van der Waals surface area contributed by atoms with Crippen LogP contribution in [0, 0.1) is 11.8 Å². The molecule has 0 bridgehead atoms. The lowest BCUT2D eigenvalue weighted by Crippen LogP contribution is -2.26. The largest absolute Gasteiger partial charge is 0.319 e. The van der Waals surface area contributed by atoms with Crippen molar-refractivity contribution in [3.63, 3.8) is 0 Å². The Kier molecular flexibility index (Phi) is 4.92. The molecule has 1 aliphatic carbocycles. The standard InChI is InChI=1S/C20H27N/c1-21-15-19-10-4-2-3-9-17(19)14-18-12-7-11-16-8-5-6-13-20(16)18/h5-8,11-13,17,19,21H,2-4,9-10,14-15H2,1H3. The molecule has 1 saturated carbocycles. The van der Waals surface area contributed by atoms with Crippen LogP contribution in [0.15, 0.2) is 42.5 Å². The van der Waals surface area contributed by atoms with E-state index in [2.05, 4.69) is 54.8 Å². The van der Waals surface area contributed by atoms with Crippen LogP contribution in [0.4, 0.5) is 0 Å². The van der Waals surface area contributed by atoms with E-state index in [-0.39, 0.29) is 0 Å². The second-order valence-electron chi connectivity index (χ2n) is 6.56. The minimum Gasteiger partial charge on any atom is -0.319 e. The summed E-state index contributed by atoms with van der Waals surface area (Å²) in [4.78, 5) is 0. The highest BCUT2D eigenvalue weighted by molar-refractivity contribution is 5.85. The molecule has 0 saturated heterocycles. The third kappa shape index (κ3) is 3.47. The van der Waals surface area contributed by atoms with Gasteiger partial charge in [0.05, 0.1) is 0 Å². The Morgan fingerprint density at radius 1 is 0.905 bits per heavy atom. The molecule has 0 heterocycles. The lowest BCUT2D eigenvalue weighted by atomic mass is 9.82. The lowest BCUT2D eigenvalue weighted by Gasteiger charge is -2.25. The van der Waals surface area contributed by atoms with Gasteiger partial charge < -0.3 is 5.32 Å². The van der Waals surface area contributed by atoms with Crippen molar-refractivity contribution >= 4 is 10.8 Å². The Morgan fingerprint density at radius 2 is 1.67 bits per heavy atom. The average molecular weight is 281 g/mol. The molecule has 1 N–H and O–H groups in total. The maximum atomic E-state index is 3.42. The maximum absolute atomic E-state index is 3.42. The summed E-state index contributed by atoms with van der Waals surface area (Å²) in [6.45, 7) is 1.18. The molecule has 1 fully saturated rings. The van der Waals surface area contributed by atoms with Gasteiger partial charge in [-0.15, -0.1) is 0 Å². The Balaban J connectivity index is 1.85. The molecule has 0 aromatic heterocycles. The van der Waals surface area contributed by atoms with Crippen molar-refractivity contribution in [2.24, 2.45) is 11.8 Å². The average Bonchev–Trinajstić information content (AvgIpc) is 2.74. The van der Waals surface area contributed by atoms with Gasteiger partial charge in [-0.2, -0.15) is 0 Å². The van der Waals surface area contributed by atoms with Crippen molar-refractivity contribution in [3.05, 3.63) is 48.0 Å². The summed E-state index contributed by atoms with van der Waals surface area (Å²) >= 11 is 0. The fraction of sp³-hybridized carbons (Fsp3) is 0.500. The van der Waals surface area contributed by atoms with Crippen LogP contribution in [0.1, 0.15) is 37.7 Å². The molecule has 1 nitrogen and oxygen atoms in total. The van der Waals surface area contributed by atoms with Gasteiger partial charge in [-0.25, -0.2) is 0 Å². The molecule has 2 aromatic rings. The van der Waals surface area contributed by atoms with E-state index in [0.29, 0.717) is 0 Å². The molecule has 1 aliphatic rings. The smallest absolute Gasteiger partial charge is 0.00208 e. The molecular weight excluding hydrogens is 254 g/mol. The van der Waals surface area contributed by atoms with Crippen molar-refractivity contribution < 1.29 is 0 Å². The van der Waals surface area contributed by atoms with Crippen LogP contribution in [0.25, 0.3) is 10.8 Å². The Hall–Kier alpha value is -1.34. The van der Waals surface area contributed by atoms with E-state index in [0.717, 1.165) is 11.8 Å². The molecular formula is C20H27N. The lowest BCUT2D eigenvalue weighted by molar-refractivity contribution is 0.304. The highest BCUT2D eigenvalue weighted by Crippen LogP contribution is 2.32. The van der Waals surface area contributed by atoms with Crippen LogP contribution in [-0.4, -0.2) is 13.6 Å². The van der Waals surface area contributed by atoms with Crippen LogP contribution in [0.5, 0.6) is 0 Å². The van der Waals surface area contributed by atoms with Gasteiger partial charge in [0.1, 0.15) is 0 Å². The van der Waals surface area contributed by atoms with Crippen LogP contribution < -0.4 is 5.32 Å².